The molecule has 19 heavy (non-hydrogen) atoms. The molecule has 1 rings (SSSR count). The Kier molecular flexibility index (Phi) is 5.76. The molecule has 0 aliphatic rings. The Hall–Kier alpha value is -1.62. The van der Waals surface area contributed by atoms with E-state index in [9.17, 15) is 4.79 Å². The number of aryl methyl sites for hydroxylation is 1. The number of nitrogens with one attached hydrogen (secondary N) is 1. The molecule has 1 amide bonds. The topological polar surface area (TPSA) is 77.2 Å². The van der Waals surface area contributed by atoms with Crippen molar-refractivity contribution in [1.82, 2.24) is 10.3 Å². The number of hydrogen-bond donors (Lipinski definition) is 2. The van der Waals surface area contributed by atoms with Gasteiger partial charge in [-0.3, -0.25) is 9.78 Å². The number of nitrogens with two attached hydrogens (primary N) is 1. The van der Waals surface area contributed by atoms with Crippen LogP contribution in [0.3, 0.4) is 0 Å². The highest BCUT2D eigenvalue weighted by Gasteiger charge is 2.17. The molecule has 1 aromatic heterocycles. The number of ether oxygens (including phenoxy) is 1. The lowest BCUT2D eigenvalue weighted by molar-refractivity contribution is -0.124. The lowest BCUT2D eigenvalue weighted by atomic mass is 10.2. The molecule has 5 nitrogen and oxygen atoms in total. The van der Waals surface area contributed by atoms with Crippen molar-refractivity contribution in [3.63, 3.8) is 0 Å². The molecule has 1 heterocycles. The van der Waals surface area contributed by atoms with Gasteiger partial charge in [-0.2, -0.15) is 0 Å². The number of pyridine rings is 1. The fourth-order valence-corrected chi connectivity index (χ4v) is 1.63. The first-order valence-corrected chi connectivity index (χ1v) is 6.60. The molecule has 1 atom stereocenters. The lowest BCUT2D eigenvalue weighted by Crippen LogP contribution is -2.33. The van der Waals surface area contributed by atoms with Gasteiger partial charge in [-0.15, -0.1) is 0 Å². The molecule has 1 aromatic rings. The first-order valence-electron chi connectivity index (χ1n) is 6.60. The van der Waals surface area contributed by atoms with Crippen molar-refractivity contribution in [1.29, 1.82) is 0 Å². The zero-order valence-corrected chi connectivity index (χ0v) is 12.1. The summed E-state index contributed by atoms with van der Waals surface area (Å²) in [6.45, 7) is 8.52. The number of nitrogens with zero attached hydrogens (tertiary/aromatic N) is 1. The lowest BCUT2D eigenvalue weighted by Gasteiger charge is -2.17. The van der Waals surface area contributed by atoms with Crippen molar-refractivity contribution < 1.29 is 9.53 Å². The molecule has 0 saturated heterocycles. The minimum atomic E-state index is -0.609. The zero-order chi connectivity index (χ0) is 14.4. The van der Waals surface area contributed by atoms with Crippen LogP contribution >= 0.6 is 0 Å². The molecule has 0 aliphatic heterocycles. The number of carbonyl (C=O) groups excluding carboxylic acids is 1. The molecule has 0 spiro atoms. The van der Waals surface area contributed by atoms with E-state index in [1.54, 1.807) is 0 Å². The fourth-order valence-electron chi connectivity index (χ4n) is 1.63. The highest BCUT2D eigenvalue weighted by molar-refractivity contribution is 5.79. The molecule has 3 N–H and O–H groups in total. The van der Waals surface area contributed by atoms with Gasteiger partial charge in [0.1, 0.15) is 5.75 Å². The van der Waals surface area contributed by atoms with Gasteiger partial charge in [-0.25, -0.2) is 0 Å². The van der Waals surface area contributed by atoms with E-state index in [1.165, 1.54) is 0 Å². The second kappa shape index (κ2) is 7.09. The van der Waals surface area contributed by atoms with Gasteiger partial charge < -0.3 is 15.8 Å². The molecule has 0 fully saturated rings. The summed E-state index contributed by atoms with van der Waals surface area (Å²) in [6, 6.07) is 4.06. The minimum Gasteiger partial charge on any atom is -0.479 e. The van der Waals surface area contributed by atoms with Crippen molar-refractivity contribution >= 4 is 5.91 Å². The van der Waals surface area contributed by atoms with Crippen LogP contribution in [0.15, 0.2) is 12.1 Å². The second-order valence-corrected chi connectivity index (χ2v) is 4.85. The van der Waals surface area contributed by atoms with E-state index in [2.05, 4.69) is 24.1 Å². The van der Waals surface area contributed by atoms with Gasteiger partial charge in [-0.05, 0) is 25.5 Å². The van der Waals surface area contributed by atoms with Gasteiger partial charge in [0, 0.05) is 18.3 Å². The summed E-state index contributed by atoms with van der Waals surface area (Å²) >= 11 is 0. The maximum Gasteiger partial charge on any atom is 0.258 e. The third-order valence-electron chi connectivity index (χ3n) is 2.71. The van der Waals surface area contributed by atoms with Crippen LogP contribution in [0, 0.1) is 6.92 Å². The maximum absolute atomic E-state index is 11.2. The van der Waals surface area contributed by atoms with Crippen LogP contribution in [0.25, 0.3) is 0 Å². The van der Waals surface area contributed by atoms with E-state index in [1.807, 2.05) is 26.0 Å². The number of hydrogen-bond acceptors (Lipinski definition) is 4. The monoisotopic (exact) mass is 265 g/mol. The average Bonchev–Trinajstić information content (AvgIpc) is 2.34. The fraction of sp³-hybridized carbons (Fsp3) is 0.571. The first kappa shape index (κ1) is 15.4. The number of aromatic nitrogens is 1. The Bertz CT molecular complexity index is 433. The minimum absolute atomic E-state index is 0.355. The molecular weight excluding hydrogens is 242 g/mol. The van der Waals surface area contributed by atoms with Crippen molar-refractivity contribution in [3.05, 3.63) is 23.5 Å². The molecule has 1 unspecified atom stereocenters. The summed E-state index contributed by atoms with van der Waals surface area (Å²) in [5.74, 6) is 0.162. The molecule has 0 aliphatic carbocycles. The Morgan fingerprint density at radius 2 is 2.16 bits per heavy atom. The third-order valence-corrected chi connectivity index (χ3v) is 2.71. The zero-order valence-electron chi connectivity index (χ0n) is 12.1. The summed E-state index contributed by atoms with van der Waals surface area (Å²) in [4.78, 5) is 15.7. The van der Waals surface area contributed by atoms with E-state index in [-0.39, 0.29) is 0 Å². The molecule has 0 saturated carbocycles. The third kappa shape index (κ3) is 4.87. The van der Waals surface area contributed by atoms with Crippen LogP contribution in [0.1, 0.15) is 38.6 Å². The van der Waals surface area contributed by atoms with Crippen molar-refractivity contribution in [2.45, 2.75) is 52.8 Å². The highest BCUT2D eigenvalue weighted by Crippen LogP contribution is 2.19. The van der Waals surface area contributed by atoms with Crippen LogP contribution in [0.4, 0.5) is 0 Å². The van der Waals surface area contributed by atoms with E-state index in [0.29, 0.717) is 24.8 Å². The van der Waals surface area contributed by atoms with Crippen molar-refractivity contribution in [3.8, 4) is 5.75 Å². The van der Waals surface area contributed by atoms with Crippen LogP contribution in [-0.2, 0) is 11.3 Å². The molecule has 5 heteroatoms. The number of primary amides is 1. The van der Waals surface area contributed by atoms with Crippen LogP contribution in [-0.4, -0.2) is 23.0 Å². The first-order chi connectivity index (χ1) is 8.93. The largest absolute Gasteiger partial charge is 0.479 e. The van der Waals surface area contributed by atoms with Crippen molar-refractivity contribution in [2.75, 3.05) is 0 Å². The summed E-state index contributed by atoms with van der Waals surface area (Å²) < 4.78 is 5.67. The Balaban J connectivity index is 2.89. The van der Waals surface area contributed by atoms with Gasteiger partial charge in [0.05, 0.1) is 5.69 Å². The molecular formula is C14H23N3O2. The number of rotatable bonds is 7. The van der Waals surface area contributed by atoms with Gasteiger partial charge in [-0.1, -0.05) is 20.8 Å². The molecule has 0 aromatic carbocycles. The Morgan fingerprint density at radius 1 is 1.47 bits per heavy atom. The van der Waals surface area contributed by atoms with E-state index in [0.717, 1.165) is 11.4 Å². The highest BCUT2D eigenvalue weighted by atomic mass is 16.5. The van der Waals surface area contributed by atoms with E-state index in [4.69, 9.17) is 10.5 Å². The van der Waals surface area contributed by atoms with Crippen LogP contribution in [0.5, 0.6) is 5.75 Å². The van der Waals surface area contributed by atoms with Crippen LogP contribution < -0.4 is 15.8 Å². The smallest absolute Gasteiger partial charge is 0.258 e. The summed E-state index contributed by atoms with van der Waals surface area (Å²) in [5.41, 5.74) is 7.01. The summed E-state index contributed by atoms with van der Waals surface area (Å²) in [5, 5.41) is 3.29. The predicted octanol–water partition coefficient (Wildman–Crippen LogP) is 1.53. The standard InChI is InChI=1S/C14H23N3O2/c1-5-12(14(15)18)19-13-7-6-10(4)17-11(13)8-16-9(2)3/h6-7,9,12,16H,5,8H2,1-4H3,(H2,15,18). The van der Waals surface area contributed by atoms with Crippen molar-refractivity contribution in [2.24, 2.45) is 5.73 Å². The molecule has 0 radical (unpaired) electrons. The molecule has 106 valence electrons. The van der Waals surface area contributed by atoms with Crippen LogP contribution in [0.2, 0.25) is 0 Å². The normalized spacial score (nSPS) is 12.5. The van der Waals surface area contributed by atoms with Gasteiger partial charge in [0.15, 0.2) is 6.10 Å². The quantitative estimate of drug-likeness (QED) is 0.784. The van der Waals surface area contributed by atoms with E-state index < -0.39 is 12.0 Å². The Morgan fingerprint density at radius 3 is 2.68 bits per heavy atom. The maximum atomic E-state index is 11.2. The average molecular weight is 265 g/mol. The van der Waals surface area contributed by atoms with Gasteiger partial charge in [0.2, 0.25) is 0 Å². The summed E-state index contributed by atoms with van der Waals surface area (Å²) in [6.07, 6.45) is -0.0671. The van der Waals surface area contributed by atoms with Gasteiger partial charge >= 0.3 is 0 Å². The SMILES string of the molecule is CCC(Oc1ccc(C)nc1CNC(C)C)C(N)=O. The van der Waals surface area contributed by atoms with E-state index >= 15 is 0 Å². The predicted molar refractivity (Wildman–Crippen MR) is 74.9 cm³/mol. The second-order valence-electron chi connectivity index (χ2n) is 4.85. The Labute approximate surface area is 114 Å². The number of amides is 1. The molecule has 0 bridgehead atoms. The van der Waals surface area contributed by atoms with Gasteiger partial charge in [0.25, 0.3) is 5.91 Å². The summed E-state index contributed by atoms with van der Waals surface area (Å²) in [7, 11) is 0. The number of carbonyl (C=O) groups is 1.